The van der Waals surface area contributed by atoms with Gasteiger partial charge in [0.05, 0.1) is 13.7 Å². The van der Waals surface area contributed by atoms with Crippen molar-refractivity contribution in [3.05, 3.63) is 65.9 Å². The summed E-state index contributed by atoms with van der Waals surface area (Å²) >= 11 is 0. The van der Waals surface area contributed by atoms with Crippen LogP contribution in [0.1, 0.15) is 11.1 Å². The molecule has 3 rings (SSSR count). The molecular weight excluding hydrogens is 260 g/mol. The van der Waals surface area contributed by atoms with Crippen LogP contribution in [0, 0.1) is 0 Å². The van der Waals surface area contributed by atoms with Crippen LogP contribution in [0.25, 0.3) is 10.9 Å². The fraction of sp³-hybridized carbons (Fsp3) is 0.222. The molecule has 0 amide bonds. The van der Waals surface area contributed by atoms with E-state index in [9.17, 15) is 0 Å². The summed E-state index contributed by atoms with van der Waals surface area (Å²) in [4.78, 5) is 0. The largest absolute Gasteiger partial charge is 0.496 e. The Bertz CT molecular complexity index is 746. The number of nitrogens with two attached hydrogens (primary N) is 1. The third kappa shape index (κ3) is 2.65. The molecule has 0 atom stereocenters. The molecule has 108 valence electrons. The van der Waals surface area contributed by atoms with E-state index in [0.29, 0.717) is 6.54 Å². The van der Waals surface area contributed by atoms with Gasteiger partial charge < -0.3 is 15.0 Å². The molecule has 0 aliphatic carbocycles. The molecule has 0 aliphatic rings. The molecule has 21 heavy (non-hydrogen) atoms. The zero-order chi connectivity index (χ0) is 14.7. The summed E-state index contributed by atoms with van der Waals surface area (Å²) in [5.74, 6) is 0.927. The minimum Gasteiger partial charge on any atom is -0.496 e. The van der Waals surface area contributed by atoms with E-state index in [4.69, 9.17) is 10.5 Å². The zero-order valence-electron chi connectivity index (χ0n) is 12.3. The Kier molecular flexibility index (Phi) is 3.93. The van der Waals surface area contributed by atoms with Gasteiger partial charge in [-0.2, -0.15) is 0 Å². The number of ether oxygens (including phenoxy) is 1. The van der Waals surface area contributed by atoms with E-state index in [1.54, 1.807) is 7.11 Å². The Hall–Kier alpha value is -2.26. The fourth-order valence-corrected chi connectivity index (χ4v) is 2.83. The van der Waals surface area contributed by atoms with Crippen molar-refractivity contribution in [3.8, 4) is 5.75 Å². The third-order valence-electron chi connectivity index (χ3n) is 3.82. The topological polar surface area (TPSA) is 40.2 Å². The first-order valence-electron chi connectivity index (χ1n) is 7.22. The third-order valence-corrected chi connectivity index (χ3v) is 3.82. The smallest absolute Gasteiger partial charge is 0.123 e. The van der Waals surface area contributed by atoms with Gasteiger partial charge in [-0.15, -0.1) is 0 Å². The monoisotopic (exact) mass is 280 g/mol. The van der Waals surface area contributed by atoms with Gasteiger partial charge in [0.15, 0.2) is 0 Å². The predicted octanol–water partition coefficient (Wildman–Crippen LogP) is 3.20. The van der Waals surface area contributed by atoms with Crippen molar-refractivity contribution < 1.29 is 4.74 Å². The number of para-hydroxylation sites is 2. The van der Waals surface area contributed by atoms with E-state index < -0.39 is 0 Å². The minimum absolute atomic E-state index is 0.669. The van der Waals surface area contributed by atoms with Gasteiger partial charge >= 0.3 is 0 Å². The van der Waals surface area contributed by atoms with Crippen LogP contribution < -0.4 is 10.5 Å². The van der Waals surface area contributed by atoms with E-state index >= 15 is 0 Å². The second kappa shape index (κ2) is 6.02. The van der Waals surface area contributed by atoms with Crippen LogP contribution in [-0.2, 0) is 13.0 Å². The van der Waals surface area contributed by atoms with Gasteiger partial charge in [0.1, 0.15) is 5.75 Å². The van der Waals surface area contributed by atoms with Crippen molar-refractivity contribution in [2.75, 3.05) is 13.7 Å². The van der Waals surface area contributed by atoms with E-state index in [1.165, 1.54) is 22.0 Å². The van der Waals surface area contributed by atoms with E-state index in [1.807, 2.05) is 18.2 Å². The number of hydrogen-bond donors (Lipinski definition) is 1. The summed E-state index contributed by atoms with van der Waals surface area (Å²) in [5, 5.41) is 1.29. The lowest BCUT2D eigenvalue weighted by molar-refractivity contribution is 0.408. The lowest BCUT2D eigenvalue weighted by Crippen LogP contribution is -2.02. The number of methoxy groups -OCH3 is 1. The lowest BCUT2D eigenvalue weighted by Gasteiger charge is -2.10. The molecule has 0 fully saturated rings. The van der Waals surface area contributed by atoms with Crippen molar-refractivity contribution in [1.29, 1.82) is 0 Å². The Balaban J connectivity index is 2.04. The summed E-state index contributed by atoms with van der Waals surface area (Å²) < 4.78 is 7.73. The highest BCUT2D eigenvalue weighted by Gasteiger charge is 2.09. The first-order valence-corrected chi connectivity index (χ1v) is 7.22. The molecular formula is C18H20N2O. The van der Waals surface area contributed by atoms with E-state index in [-0.39, 0.29) is 0 Å². The maximum atomic E-state index is 5.73. The number of hydrogen-bond acceptors (Lipinski definition) is 2. The second-order valence-corrected chi connectivity index (χ2v) is 5.15. The summed E-state index contributed by atoms with van der Waals surface area (Å²) in [6, 6.07) is 16.6. The lowest BCUT2D eigenvalue weighted by atomic mass is 10.1. The molecule has 1 heterocycles. The Morgan fingerprint density at radius 3 is 2.57 bits per heavy atom. The predicted molar refractivity (Wildman–Crippen MR) is 86.8 cm³/mol. The summed E-state index contributed by atoms with van der Waals surface area (Å²) in [7, 11) is 1.71. The molecule has 0 bridgehead atoms. The average molecular weight is 280 g/mol. The molecule has 0 unspecified atom stereocenters. The summed E-state index contributed by atoms with van der Waals surface area (Å²) in [6.45, 7) is 1.47. The Labute approximate surface area is 125 Å². The number of aromatic nitrogens is 1. The zero-order valence-corrected chi connectivity index (χ0v) is 12.3. The average Bonchev–Trinajstić information content (AvgIpc) is 2.87. The van der Waals surface area contributed by atoms with Crippen molar-refractivity contribution in [2.24, 2.45) is 5.73 Å². The van der Waals surface area contributed by atoms with Crippen LogP contribution in [0.3, 0.4) is 0 Å². The van der Waals surface area contributed by atoms with Gasteiger partial charge in [0, 0.05) is 22.7 Å². The van der Waals surface area contributed by atoms with Crippen LogP contribution >= 0.6 is 0 Å². The molecule has 1 aromatic heterocycles. The number of fused-ring (bicyclic) bond motifs is 1. The molecule has 0 saturated carbocycles. The number of benzene rings is 2. The van der Waals surface area contributed by atoms with Crippen LogP contribution in [0.4, 0.5) is 0 Å². The van der Waals surface area contributed by atoms with Crippen molar-refractivity contribution >= 4 is 10.9 Å². The van der Waals surface area contributed by atoms with Gasteiger partial charge in [0.2, 0.25) is 0 Å². The molecule has 0 saturated heterocycles. The van der Waals surface area contributed by atoms with Gasteiger partial charge in [-0.05, 0) is 30.7 Å². The van der Waals surface area contributed by atoms with Crippen molar-refractivity contribution in [3.63, 3.8) is 0 Å². The molecule has 0 radical (unpaired) electrons. The molecule has 3 aromatic rings. The standard InChI is InChI=1S/C18H20N2O/c1-21-18-9-5-2-6-15(18)13-20-12-14(10-11-19)16-7-3-4-8-17(16)20/h2-9,12H,10-11,13,19H2,1H3. The highest BCUT2D eigenvalue weighted by molar-refractivity contribution is 5.84. The number of rotatable bonds is 5. The number of nitrogens with zero attached hydrogens (tertiary/aromatic N) is 1. The van der Waals surface area contributed by atoms with E-state index in [2.05, 4.69) is 41.1 Å². The first-order chi connectivity index (χ1) is 10.3. The second-order valence-electron chi connectivity index (χ2n) is 5.15. The van der Waals surface area contributed by atoms with Gasteiger partial charge in [-0.3, -0.25) is 0 Å². The molecule has 3 heteroatoms. The van der Waals surface area contributed by atoms with Crippen LogP contribution in [-0.4, -0.2) is 18.2 Å². The molecule has 3 nitrogen and oxygen atoms in total. The van der Waals surface area contributed by atoms with E-state index in [0.717, 1.165) is 18.7 Å². The molecule has 0 aliphatic heterocycles. The van der Waals surface area contributed by atoms with Crippen LogP contribution in [0.2, 0.25) is 0 Å². The van der Waals surface area contributed by atoms with Crippen LogP contribution in [0.15, 0.2) is 54.7 Å². The van der Waals surface area contributed by atoms with Crippen LogP contribution in [0.5, 0.6) is 5.75 Å². The maximum absolute atomic E-state index is 5.73. The normalized spacial score (nSPS) is 11.0. The quantitative estimate of drug-likeness (QED) is 0.779. The Morgan fingerprint density at radius 1 is 1.00 bits per heavy atom. The fourth-order valence-electron chi connectivity index (χ4n) is 2.83. The first kappa shape index (κ1) is 13.7. The van der Waals surface area contributed by atoms with Gasteiger partial charge in [0.25, 0.3) is 0 Å². The van der Waals surface area contributed by atoms with Gasteiger partial charge in [-0.1, -0.05) is 36.4 Å². The van der Waals surface area contributed by atoms with Gasteiger partial charge in [-0.25, -0.2) is 0 Å². The highest BCUT2D eigenvalue weighted by atomic mass is 16.5. The van der Waals surface area contributed by atoms with Crippen molar-refractivity contribution in [1.82, 2.24) is 4.57 Å². The maximum Gasteiger partial charge on any atom is 0.123 e. The summed E-state index contributed by atoms with van der Waals surface area (Å²) in [5.41, 5.74) is 9.46. The van der Waals surface area contributed by atoms with Crippen molar-refractivity contribution in [2.45, 2.75) is 13.0 Å². The Morgan fingerprint density at radius 2 is 1.76 bits per heavy atom. The molecule has 2 N–H and O–H groups in total. The SMILES string of the molecule is COc1ccccc1Cn1cc(CCN)c2ccccc21. The highest BCUT2D eigenvalue weighted by Crippen LogP contribution is 2.25. The summed E-state index contributed by atoms with van der Waals surface area (Å²) in [6.07, 6.45) is 3.11. The molecule has 0 spiro atoms. The molecule has 2 aromatic carbocycles. The minimum atomic E-state index is 0.669.